The second kappa shape index (κ2) is 8.38. The van der Waals surface area contributed by atoms with Crippen molar-refractivity contribution in [2.75, 3.05) is 12.4 Å². The number of H-pyrrole nitrogens is 1. The van der Waals surface area contributed by atoms with Crippen LogP contribution in [-0.2, 0) is 11.2 Å². The van der Waals surface area contributed by atoms with Gasteiger partial charge in [-0.3, -0.25) is 9.89 Å². The Morgan fingerprint density at radius 2 is 2.16 bits per heavy atom. The summed E-state index contributed by atoms with van der Waals surface area (Å²) in [5.41, 5.74) is 0.666. The molecule has 1 aliphatic rings. The number of carbonyl (C=O) groups is 1. The van der Waals surface area contributed by atoms with Crippen LogP contribution in [0.4, 0.5) is 5.69 Å². The predicted octanol–water partition coefficient (Wildman–Crippen LogP) is 3.67. The SMILES string of the molecule is COc1ccccc1NC(=O)C(C)Sc1n[nH]c(CC2CCCC2)n1. The fourth-order valence-corrected chi connectivity index (χ4v) is 3.85. The lowest BCUT2D eigenvalue weighted by Gasteiger charge is -2.12. The Labute approximate surface area is 152 Å². The Kier molecular flexibility index (Phi) is 5.96. The Balaban J connectivity index is 1.55. The first-order valence-electron chi connectivity index (χ1n) is 8.67. The van der Waals surface area contributed by atoms with Crippen molar-refractivity contribution in [3.8, 4) is 5.75 Å². The molecule has 0 bridgehead atoms. The number of ether oxygens (including phenoxy) is 1. The average molecular weight is 360 g/mol. The summed E-state index contributed by atoms with van der Waals surface area (Å²) in [6, 6.07) is 7.37. The lowest BCUT2D eigenvalue weighted by atomic mass is 10.0. The zero-order chi connectivity index (χ0) is 17.6. The minimum absolute atomic E-state index is 0.100. The molecule has 2 aromatic rings. The number of anilines is 1. The molecule has 1 fully saturated rings. The number of hydrogen-bond donors (Lipinski definition) is 2. The molecule has 7 heteroatoms. The van der Waals surface area contributed by atoms with E-state index in [-0.39, 0.29) is 11.2 Å². The van der Waals surface area contributed by atoms with Crippen LogP contribution in [0.2, 0.25) is 0 Å². The maximum Gasteiger partial charge on any atom is 0.237 e. The van der Waals surface area contributed by atoms with E-state index in [1.165, 1.54) is 37.4 Å². The van der Waals surface area contributed by atoms with E-state index in [2.05, 4.69) is 20.5 Å². The molecule has 134 valence electrons. The van der Waals surface area contributed by atoms with Gasteiger partial charge < -0.3 is 10.1 Å². The normalized spacial score (nSPS) is 15.9. The van der Waals surface area contributed by atoms with Gasteiger partial charge in [-0.2, -0.15) is 0 Å². The third-order valence-corrected chi connectivity index (χ3v) is 5.45. The van der Waals surface area contributed by atoms with E-state index in [9.17, 15) is 4.79 Å². The Hall–Kier alpha value is -2.02. The average Bonchev–Trinajstić information content (AvgIpc) is 3.28. The number of methoxy groups -OCH3 is 1. The van der Waals surface area contributed by atoms with Crippen LogP contribution in [0.25, 0.3) is 0 Å². The zero-order valence-corrected chi connectivity index (χ0v) is 15.4. The fraction of sp³-hybridized carbons (Fsp3) is 0.500. The van der Waals surface area contributed by atoms with Crippen molar-refractivity contribution in [1.82, 2.24) is 15.2 Å². The molecular weight excluding hydrogens is 336 g/mol. The van der Waals surface area contributed by atoms with E-state index in [1.54, 1.807) is 7.11 Å². The van der Waals surface area contributed by atoms with E-state index < -0.39 is 0 Å². The largest absolute Gasteiger partial charge is 0.495 e. The van der Waals surface area contributed by atoms with Crippen molar-refractivity contribution in [3.63, 3.8) is 0 Å². The number of para-hydroxylation sites is 2. The van der Waals surface area contributed by atoms with Gasteiger partial charge in [-0.15, -0.1) is 5.10 Å². The van der Waals surface area contributed by atoms with Crippen LogP contribution in [0.3, 0.4) is 0 Å². The van der Waals surface area contributed by atoms with Gasteiger partial charge in [0, 0.05) is 6.42 Å². The van der Waals surface area contributed by atoms with Crippen LogP contribution < -0.4 is 10.1 Å². The molecular formula is C18H24N4O2S. The van der Waals surface area contributed by atoms with Gasteiger partial charge in [0.25, 0.3) is 0 Å². The molecule has 0 aliphatic heterocycles. The van der Waals surface area contributed by atoms with Crippen molar-refractivity contribution in [1.29, 1.82) is 0 Å². The van der Waals surface area contributed by atoms with E-state index in [0.717, 1.165) is 18.2 Å². The van der Waals surface area contributed by atoms with E-state index in [4.69, 9.17) is 4.74 Å². The first-order chi connectivity index (χ1) is 12.2. The number of amides is 1. The van der Waals surface area contributed by atoms with Crippen molar-refractivity contribution < 1.29 is 9.53 Å². The number of nitrogens with one attached hydrogen (secondary N) is 2. The van der Waals surface area contributed by atoms with E-state index >= 15 is 0 Å². The molecule has 3 rings (SSSR count). The maximum atomic E-state index is 12.4. The minimum atomic E-state index is -0.306. The number of aromatic amines is 1. The van der Waals surface area contributed by atoms with Gasteiger partial charge in [0.2, 0.25) is 11.1 Å². The molecule has 2 N–H and O–H groups in total. The van der Waals surface area contributed by atoms with Crippen molar-refractivity contribution in [2.45, 2.75) is 49.4 Å². The molecule has 25 heavy (non-hydrogen) atoms. The van der Waals surface area contributed by atoms with Crippen LogP contribution in [0.5, 0.6) is 5.75 Å². The number of thioether (sulfide) groups is 1. The smallest absolute Gasteiger partial charge is 0.237 e. The van der Waals surface area contributed by atoms with Gasteiger partial charge in [0.1, 0.15) is 11.6 Å². The molecule has 1 unspecified atom stereocenters. The minimum Gasteiger partial charge on any atom is -0.495 e. The Morgan fingerprint density at radius 1 is 1.40 bits per heavy atom. The highest BCUT2D eigenvalue weighted by Gasteiger charge is 2.20. The second-order valence-corrected chi connectivity index (χ2v) is 7.68. The number of benzene rings is 1. The monoisotopic (exact) mass is 360 g/mol. The highest BCUT2D eigenvalue weighted by Crippen LogP contribution is 2.28. The lowest BCUT2D eigenvalue weighted by Crippen LogP contribution is -2.22. The number of rotatable bonds is 7. The van der Waals surface area contributed by atoms with Crippen LogP contribution in [0, 0.1) is 5.92 Å². The molecule has 6 nitrogen and oxygen atoms in total. The topological polar surface area (TPSA) is 79.9 Å². The summed E-state index contributed by atoms with van der Waals surface area (Å²) in [5.74, 6) is 2.19. The van der Waals surface area contributed by atoms with Crippen LogP contribution in [-0.4, -0.2) is 33.4 Å². The standard InChI is InChI=1S/C18H24N4O2S/c1-12(17(23)19-14-9-5-6-10-15(14)24-2)25-18-20-16(21-22-18)11-13-7-3-4-8-13/h5-6,9-10,12-13H,3-4,7-8,11H2,1-2H3,(H,19,23)(H,20,21,22). The summed E-state index contributed by atoms with van der Waals surface area (Å²) >= 11 is 1.36. The number of hydrogen-bond acceptors (Lipinski definition) is 5. The molecule has 1 aromatic heterocycles. The quantitative estimate of drug-likeness (QED) is 0.737. The molecule has 1 aromatic carbocycles. The van der Waals surface area contributed by atoms with E-state index in [1.807, 2.05) is 31.2 Å². The Bertz CT molecular complexity index is 713. The maximum absolute atomic E-state index is 12.4. The summed E-state index contributed by atoms with van der Waals surface area (Å²) in [5, 5.41) is 10.5. The van der Waals surface area contributed by atoms with E-state index in [0.29, 0.717) is 16.6 Å². The first kappa shape index (κ1) is 17.8. The van der Waals surface area contributed by atoms with Crippen LogP contribution in [0.15, 0.2) is 29.4 Å². The molecule has 0 spiro atoms. The first-order valence-corrected chi connectivity index (χ1v) is 9.55. The molecule has 1 atom stereocenters. The van der Waals surface area contributed by atoms with Crippen LogP contribution >= 0.6 is 11.8 Å². The van der Waals surface area contributed by atoms with Crippen molar-refractivity contribution in [3.05, 3.63) is 30.1 Å². The molecule has 1 aliphatic carbocycles. The lowest BCUT2D eigenvalue weighted by molar-refractivity contribution is -0.115. The number of carbonyl (C=O) groups excluding carboxylic acids is 1. The molecule has 0 saturated heterocycles. The van der Waals surface area contributed by atoms with Gasteiger partial charge in [0.15, 0.2) is 0 Å². The summed E-state index contributed by atoms with van der Waals surface area (Å²) in [6.07, 6.45) is 6.15. The fourth-order valence-electron chi connectivity index (χ4n) is 3.10. The third-order valence-electron chi connectivity index (χ3n) is 4.48. The van der Waals surface area contributed by atoms with Gasteiger partial charge >= 0.3 is 0 Å². The number of nitrogens with zero attached hydrogens (tertiary/aromatic N) is 2. The second-order valence-electron chi connectivity index (χ2n) is 6.37. The molecule has 1 amide bonds. The highest BCUT2D eigenvalue weighted by atomic mass is 32.2. The summed E-state index contributed by atoms with van der Waals surface area (Å²) < 4.78 is 5.26. The van der Waals surface area contributed by atoms with Crippen LogP contribution in [0.1, 0.15) is 38.4 Å². The predicted molar refractivity (Wildman–Crippen MR) is 99.0 cm³/mol. The molecule has 1 heterocycles. The highest BCUT2D eigenvalue weighted by molar-refractivity contribution is 8.00. The summed E-state index contributed by atoms with van der Waals surface area (Å²) in [7, 11) is 1.59. The van der Waals surface area contributed by atoms with Gasteiger partial charge in [-0.25, -0.2) is 4.98 Å². The van der Waals surface area contributed by atoms with Gasteiger partial charge in [0.05, 0.1) is 18.0 Å². The Morgan fingerprint density at radius 3 is 2.92 bits per heavy atom. The van der Waals surface area contributed by atoms with Gasteiger partial charge in [-0.05, 0) is 25.0 Å². The number of aromatic nitrogens is 3. The molecule has 0 radical (unpaired) electrons. The molecule has 1 saturated carbocycles. The van der Waals surface area contributed by atoms with Crippen molar-refractivity contribution in [2.24, 2.45) is 5.92 Å². The van der Waals surface area contributed by atoms with Gasteiger partial charge in [-0.1, -0.05) is 49.6 Å². The summed E-state index contributed by atoms with van der Waals surface area (Å²) in [4.78, 5) is 16.9. The zero-order valence-electron chi connectivity index (χ0n) is 14.6. The third kappa shape index (κ3) is 4.75. The van der Waals surface area contributed by atoms with Crippen molar-refractivity contribution >= 4 is 23.4 Å². The summed E-state index contributed by atoms with van der Waals surface area (Å²) in [6.45, 7) is 1.85.